The van der Waals surface area contributed by atoms with E-state index in [0.29, 0.717) is 19.5 Å². The van der Waals surface area contributed by atoms with Gasteiger partial charge in [-0.1, -0.05) is 34.1 Å². The Morgan fingerprint density at radius 2 is 2.14 bits per heavy atom. The number of carbonyl (C=O) groups excluding carboxylic acids is 1. The fourth-order valence-electron chi connectivity index (χ4n) is 2.88. The zero-order valence-electron chi connectivity index (χ0n) is 11.6. The SMILES string of the molecule is Cl.O=C(NCC1(c2ccccc2Br)CC1)C1CC(O)CN1. The van der Waals surface area contributed by atoms with Crippen LogP contribution in [0.4, 0.5) is 0 Å². The number of nitrogens with one attached hydrogen (secondary N) is 2. The average molecular weight is 376 g/mol. The molecule has 0 spiro atoms. The minimum atomic E-state index is -0.399. The van der Waals surface area contributed by atoms with Gasteiger partial charge < -0.3 is 15.7 Å². The zero-order chi connectivity index (χ0) is 14.2. The van der Waals surface area contributed by atoms with Gasteiger partial charge in [-0.3, -0.25) is 4.79 Å². The Labute approximate surface area is 139 Å². The van der Waals surface area contributed by atoms with E-state index in [4.69, 9.17) is 0 Å². The van der Waals surface area contributed by atoms with Gasteiger partial charge in [-0.05, 0) is 30.9 Å². The van der Waals surface area contributed by atoms with Gasteiger partial charge in [-0.2, -0.15) is 0 Å². The lowest BCUT2D eigenvalue weighted by Crippen LogP contribution is -2.43. The molecule has 1 aliphatic carbocycles. The summed E-state index contributed by atoms with van der Waals surface area (Å²) >= 11 is 3.60. The van der Waals surface area contributed by atoms with Gasteiger partial charge in [-0.15, -0.1) is 12.4 Å². The number of rotatable bonds is 4. The number of aliphatic hydroxyl groups excluding tert-OH is 1. The first kappa shape index (κ1) is 16.7. The van der Waals surface area contributed by atoms with Crippen LogP contribution >= 0.6 is 28.3 Å². The quantitative estimate of drug-likeness (QED) is 0.751. The molecule has 1 aromatic carbocycles. The van der Waals surface area contributed by atoms with Crippen molar-refractivity contribution in [2.45, 2.75) is 36.8 Å². The number of benzene rings is 1. The van der Waals surface area contributed by atoms with Crippen molar-refractivity contribution in [3.8, 4) is 0 Å². The highest BCUT2D eigenvalue weighted by molar-refractivity contribution is 9.10. The predicted octanol–water partition coefficient (Wildman–Crippen LogP) is 1.74. The van der Waals surface area contributed by atoms with E-state index in [0.717, 1.165) is 17.3 Å². The second-order valence-corrected chi connectivity index (χ2v) is 6.68. The first-order valence-electron chi connectivity index (χ1n) is 7.05. The Hall–Kier alpha value is -0.620. The topological polar surface area (TPSA) is 61.4 Å². The third kappa shape index (κ3) is 3.59. The summed E-state index contributed by atoms with van der Waals surface area (Å²) in [5.41, 5.74) is 1.37. The number of halogens is 2. The highest BCUT2D eigenvalue weighted by Gasteiger charge is 2.45. The van der Waals surface area contributed by atoms with Gasteiger partial charge in [0, 0.05) is 23.0 Å². The molecule has 116 valence electrons. The number of amides is 1. The molecule has 6 heteroatoms. The number of hydrogen-bond acceptors (Lipinski definition) is 3. The molecule has 1 saturated carbocycles. The number of aliphatic hydroxyl groups is 1. The fraction of sp³-hybridized carbons (Fsp3) is 0.533. The van der Waals surface area contributed by atoms with Crippen LogP contribution in [0.3, 0.4) is 0 Å². The van der Waals surface area contributed by atoms with Crippen molar-refractivity contribution in [1.82, 2.24) is 10.6 Å². The molecule has 21 heavy (non-hydrogen) atoms. The average Bonchev–Trinajstić information content (AvgIpc) is 3.10. The lowest BCUT2D eigenvalue weighted by atomic mass is 9.96. The molecule has 1 aromatic rings. The van der Waals surface area contributed by atoms with Crippen molar-refractivity contribution >= 4 is 34.2 Å². The lowest BCUT2D eigenvalue weighted by molar-refractivity contribution is -0.123. The Kier molecular flexibility index (Phi) is 5.30. The van der Waals surface area contributed by atoms with Gasteiger partial charge in [0.1, 0.15) is 0 Å². The summed E-state index contributed by atoms with van der Waals surface area (Å²) in [4.78, 5) is 12.1. The summed E-state index contributed by atoms with van der Waals surface area (Å²) in [5.74, 6) is -0.000112. The van der Waals surface area contributed by atoms with Crippen LogP contribution in [0, 0.1) is 0 Å². The van der Waals surface area contributed by atoms with Crippen LogP contribution in [-0.2, 0) is 10.2 Å². The lowest BCUT2D eigenvalue weighted by Gasteiger charge is -2.19. The Bertz CT molecular complexity index is 522. The standard InChI is InChI=1S/C15H19BrN2O2.ClH/c16-12-4-2-1-3-11(12)15(5-6-15)9-18-14(20)13-7-10(19)8-17-13;/h1-4,10,13,17,19H,5-9H2,(H,18,20);1H. The van der Waals surface area contributed by atoms with E-state index in [1.807, 2.05) is 18.2 Å². The summed E-state index contributed by atoms with van der Waals surface area (Å²) in [6.45, 7) is 1.18. The van der Waals surface area contributed by atoms with E-state index in [1.165, 1.54) is 5.56 Å². The highest BCUT2D eigenvalue weighted by atomic mass is 79.9. The number of β-amino-alcohol motifs (C(OH)–C–C–N with tert-alkyl or cyclic N) is 1. The van der Waals surface area contributed by atoms with E-state index in [1.54, 1.807) is 0 Å². The van der Waals surface area contributed by atoms with Gasteiger partial charge in [0.05, 0.1) is 12.1 Å². The van der Waals surface area contributed by atoms with E-state index in [9.17, 15) is 9.90 Å². The molecule has 0 bridgehead atoms. The zero-order valence-corrected chi connectivity index (χ0v) is 14.0. The second-order valence-electron chi connectivity index (χ2n) is 5.83. The fourth-order valence-corrected chi connectivity index (χ4v) is 3.59. The molecule has 2 fully saturated rings. The van der Waals surface area contributed by atoms with Gasteiger partial charge in [0.2, 0.25) is 5.91 Å². The van der Waals surface area contributed by atoms with Crippen molar-refractivity contribution in [2.24, 2.45) is 0 Å². The van der Waals surface area contributed by atoms with Gasteiger partial charge in [-0.25, -0.2) is 0 Å². The molecule has 3 rings (SSSR count). The van der Waals surface area contributed by atoms with E-state index >= 15 is 0 Å². The Morgan fingerprint density at radius 3 is 2.71 bits per heavy atom. The van der Waals surface area contributed by atoms with Gasteiger partial charge in [0.25, 0.3) is 0 Å². The Balaban J connectivity index is 0.00000161. The summed E-state index contributed by atoms with van der Waals surface area (Å²) in [7, 11) is 0. The maximum atomic E-state index is 12.1. The van der Waals surface area contributed by atoms with Crippen LogP contribution in [-0.4, -0.2) is 36.2 Å². The maximum Gasteiger partial charge on any atom is 0.237 e. The van der Waals surface area contributed by atoms with Crippen molar-refractivity contribution in [3.05, 3.63) is 34.3 Å². The van der Waals surface area contributed by atoms with Crippen LogP contribution in [0.25, 0.3) is 0 Å². The Morgan fingerprint density at radius 1 is 1.43 bits per heavy atom. The predicted molar refractivity (Wildman–Crippen MR) is 87.7 cm³/mol. The molecular weight excluding hydrogens is 356 g/mol. The molecule has 1 amide bonds. The van der Waals surface area contributed by atoms with Crippen LogP contribution in [0.1, 0.15) is 24.8 Å². The normalized spacial score (nSPS) is 26.0. The van der Waals surface area contributed by atoms with E-state index < -0.39 is 6.10 Å². The molecule has 3 N–H and O–H groups in total. The van der Waals surface area contributed by atoms with Gasteiger partial charge >= 0.3 is 0 Å². The number of hydrogen-bond donors (Lipinski definition) is 3. The third-order valence-electron chi connectivity index (χ3n) is 4.32. The molecular formula is C15H20BrClN2O2. The summed E-state index contributed by atoms with van der Waals surface area (Å²) < 4.78 is 1.11. The van der Waals surface area contributed by atoms with Crippen LogP contribution < -0.4 is 10.6 Å². The monoisotopic (exact) mass is 374 g/mol. The molecule has 0 aromatic heterocycles. The van der Waals surface area contributed by atoms with E-state index in [-0.39, 0.29) is 29.8 Å². The van der Waals surface area contributed by atoms with Crippen molar-refractivity contribution in [1.29, 1.82) is 0 Å². The summed E-state index contributed by atoms with van der Waals surface area (Å²) in [6, 6.07) is 7.97. The summed E-state index contributed by atoms with van der Waals surface area (Å²) in [5, 5.41) is 15.5. The second kappa shape index (κ2) is 6.65. The van der Waals surface area contributed by atoms with Crippen molar-refractivity contribution < 1.29 is 9.90 Å². The third-order valence-corrected chi connectivity index (χ3v) is 5.02. The highest BCUT2D eigenvalue weighted by Crippen LogP contribution is 2.49. The van der Waals surface area contributed by atoms with Crippen molar-refractivity contribution in [2.75, 3.05) is 13.1 Å². The molecule has 2 atom stereocenters. The van der Waals surface area contributed by atoms with E-state index in [2.05, 4.69) is 32.6 Å². The first-order valence-corrected chi connectivity index (χ1v) is 7.84. The smallest absolute Gasteiger partial charge is 0.237 e. The summed E-state index contributed by atoms with van der Waals surface area (Å²) in [6.07, 6.45) is 2.32. The van der Waals surface area contributed by atoms with Crippen LogP contribution in [0.5, 0.6) is 0 Å². The largest absolute Gasteiger partial charge is 0.392 e. The molecule has 1 saturated heterocycles. The van der Waals surface area contributed by atoms with Crippen LogP contribution in [0.2, 0.25) is 0 Å². The molecule has 0 radical (unpaired) electrons. The minimum absolute atomic E-state index is 0. The van der Waals surface area contributed by atoms with Gasteiger partial charge in [0.15, 0.2) is 0 Å². The maximum absolute atomic E-state index is 12.1. The van der Waals surface area contributed by atoms with Crippen LogP contribution in [0.15, 0.2) is 28.7 Å². The molecule has 1 heterocycles. The number of carbonyl (C=O) groups is 1. The van der Waals surface area contributed by atoms with Crippen molar-refractivity contribution in [3.63, 3.8) is 0 Å². The minimum Gasteiger partial charge on any atom is -0.392 e. The molecule has 2 aliphatic rings. The first-order chi connectivity index (χ1) is 9.61. The molecule has 1 aliphatic heterocycles. The molecule has 4 nitrogen and oxygen atoms in total. The molecule has 2 unspecified atom stereocenters.